The molecule has 0 radical (unpaired) electrons. The zero-order valence-electron chi connectivity index (χ0n) is 7.73. The molecule has 1 saturated heterocycles. The van der Waals surface area contributed by atoms with Crippen LogP contribution in [-0.4, -0.2) is 23.9 Å². The van der Waals surface area contributed by atoms with Crippen molar-refractivity contribution in [3.05, 3.63) is 16.6 Å². The molecule has 0 spiro atoms. The van der Waals surface area contributed by atoms with Gasteiger partial charge in [0, 0.05) is 17.5 Å². The van der Waals surface area contributed by atoms with E-state index in [0.717, 1.165) is 25.9 Å². The van der Waals surface area contributed by atoms with Crippen molar-refractivity contribution in [1.82, 2.24) is 10.3 Å². The van der Waals surface area contributed by atoms with Gasteiger partial charge in [0.05, 0.1) is 0 Å². The molecule has 5 heteroatoms. The molecular formula is C9H13ClN2OS. The Hall–Kier alpha value is -0.450. The van der Waals surface area contributed by atoms with Gasteiger partial charge < -0.3 is 5.32 Å². The van der Waals surface area contributed by atoms with Gasteiger partial charge >= 0.3 is 0 Å². The van der Waals surface area contributed by atoms with Crippen molar-refractivity contribution < 1.29 is 4.79 Å². The topological polar surface area (TPSA) is 42.0 Å². The fourth-order valence-electron chi connectivity index (χ4n) is 1.60. The van der Waals surface area contributed by atoms with E-state index in [4.69, 9.17) is 0 Å². The standard InChI is InChI=1S/C9H12N2OS.ClH/c12-8(9-11-5-6-13-9)7-1-3-10-4-2-7;/h5-7,10H,1-4H2;1H. The smallest absolute Gasteiger partial charge is 0.194 e. The number of hydrogen-bond acceptors (Lipinski definition) is 4. The van der Waals surface area contributed by atoms with Crippen LogP contribution >= 0.6 is 23.7 Å². The Bertz CT molecular complexity index is 283. The summed E-state index contributed by atoms with van der Waals surface area (Å²) in [5.41, 5.74) is 0. The van der Waals surface area contributed by atoms with Crippen molar-refractivity contribution >= 4 is 29.5 Å². The van der Waals surface area contributed by atoms with Gasteiger partial charge in [-0.1, -0.05) is 0 Å². The van der Waals surface area contributed by atoms with Crippen LogP contribution in [-0.2, 0) is 0 Å². The van der Waals surface area contributed by atoms with Crippen LogP contribution in [0.25, 0.3) is 0 Å². The van der Waals surface area contributed by atoms with Crippen molar-refractivity contribution in [3.8, 4) is 0 Å². The largest absolute Gasteiger partial charge is 0.317 e. The highest BCUT2D eigenvalue weighted by Crippen LogP contribution is 2.19. The molecule has 2 rings (SSSR count). The van der Waals surface area contributed by atoms with E-state index in [-0.39, 0.29) is 24.1 Å². The molecular weight excluding hydrogens is 220 g/mol. The number of ketones is 1. The highest BCUT2D eigenvalue weighted by molar-refractivity contribution is 7.11. The van der Waals surface area contributed by atoms with Crippen LogP contribution in [0.5, 0.6) is 0 Å². The first-order valence-corrected chi connectivity index (χ1v) is 5.40. The third-order valence-corrected chi connectivity index (χ3v) is 3.14. The molecule has 0 unspecified atom stereocenters. The first-order valence-electron chi connectivity index (χ1n) is 4.52. The minimum atomic E-state index is 0. The van der Waals surface area contributed by atoms with E-state index < -0.39 is 0 Å². The number of aromatic nitrogens is 1. The highest BCUT2D eigenvalue weighted by Gasteiger charge is 2.23. The van der Waals surface area contributed by atoms with Crippen LogP contribution in [0.2, 0.25) is 0 Å². The molecule has 0 bridgehead atoms. The summed E-state index contributed by atoms with van der Waals surface area (Å²) in [4.78, 5) is 15.8. The van der Waals surface area contributed by atoms with E-state index in [1.807, 2.05) is 5.38 Å². The molecule has 78 valence electrons. The number of piperidine rings is 1. The summed E-state index contributed by atoms with van der Waals surface area (Å²) < 4.78 is 0. The third-order valence-electron chi connectivity index (χ3n) is 2.35. The number of nitrogens with one attached hydrogen (secondary N) is 1. The van der Waals surface area contributed by atoms with Crippen molar-refractivity contribution in [3.63, 3.8) is 0 Å². The van der Waals surface area contributed by atoms with E-state index in [0.29, 0.717) is 5.01 Å². The first-order chi connectivity index (χ1) is 6.38. The number of thiazole rings is 1. The lowest BCUT2D eigenvalue weighted by molar-refractivity contribution is 0.0894. The number of halogens is 1. The average molecular weight is 233 g/mol. The normalized spacial score (nSPS) is 17.4. The molecule has 1 fully saturated rings. The summed E-state index contributed by atoms with van der Waals surface area (Å²) in [5.74, 6) is 0.434. The Morgan fingerprint density at radius 2 is 2.21 bits per heavy atom. The van der Waals surface area contributed by atoms with Crippen LogP contribution in [0.4, 0.5) is 0 Å². The van der Waals surface area contributed by atoms with Crippen molar-refractivity contribution in [2.24, 2.45) is 5.92 Å². The monoisotopic (exact) mass is 232 g/mol. The molecule has 2 heterocycles. The third kappa shape index (κ3) is 2.53. The average Bonchev–Trinajstić information content (AvgIpc) is 2.71. The predicted octanol–water partition coefficient (Wildman–Crippen LogP) is 1.75. The zero-order chi connectivity index (χ0) is 9.10. The minimum Gasteiger partial charge on any atom is -0.317 e. The SMILES string of the molecule is Cl.O=C(c1nccs1)C1CCNCC1. The summed E-state index contributed by atoms with van der Waals surface area (Å²) in [6.07, 6.45) is 3.61. The van der Waals surface area contributed by atoms with E-state index in [1.54, 1.807) is 6.20 Å². The van der Waals surface area contributed by atoms with Gasteiger partial charge in [-0.2, -0.15) is 0 Å². The van der Waals surface area contributed by atoms with Gasteiger partial charge in [-0.25, -0.2) is 4.98 Å². The molecule has 0 aromatic carbocycles. The van der Waals surface area contributed by atoms with Crippen molar-refractivity contribution in [2.45, 2.75) is 12.8 Å². The molecule has 1 aliphatic rings. The maximum atomic E-state index is 11.8. The van der Waals surface area contributed by atoms with Gasteiger partial charge in [0.1, 0.15) is 0 Å². The Labute approximate surface area is 93.3 Å². The van der Waals surface area contributed by atoms with Crippen LogP contribution < -0.4 is 5.32 Å². The molecule has 1 aromatic rings. The van der Waals surface area contributed by atoms with Crippen molar-refractivity contribution in [1.29, 1.82) is 0 Å². The number of hydrogen-bond donors (Lipinski definition) is 1. The summed E-state index contributed by atoms with van der Waals surface area (Å²) in [7, 11) is 0. The van der Waals surface area contributed by atoms with Gasteiger partial charge in [-0.05, 0) is 25.9 Å². The molecule has 1 N–H and O–H groups in total. The summed E-state index contributed by atoms with van der Waals surface area (Å²) >= 11 is 1.44. The zero-order valence-corrected chi connectivity index (χ0v) is 9.37. The molecule has 0 aliphatic carbocycles. The Morgan fingerprint density at radius 3 is 2.79 bits per heavy atom. The minimum absolute atomic E-state index is 0. The Kier molecular flexibility index (Phi) is 4.51. The van der Waals surface area contributed by atoms with E-state index in [2.05, 4.69) is 10.3 Å². The quantitative estimate of drug-likeness (QED) is 0.790. The lowest BCUT2D eigenvalue weighted by atomic mass is 9.94. The molecule has 0 saturated carbocycles. The molecule has 1 aromatic heterocycles. The second-order valence-electron chi connectivity index (χ2n) is 3.23. The molecule has 0 atom stereocenters. The van der Waals surface area contributed by atoms with Crippen LogP contribution in [0.1, 0.15) is 22.6 Å². The van der Waals surface area contributed by atoms with Gasteiger partial charge in [0.2, 0.25) is 0 Å². The van der Waals surface area contributed by atoms with Crippen LogP contribution in [0, 0.1) is 5.92 Å². The van der Waals surface area contributed by atoms with E-state index in [9.17, 15) is 4.79 Å². The maximum Gasteiger partial charge on any atom is 0.194 e. The lowest BCUT2D eigenvalue weighted by Crippen LogP contribution is -2.31. The van der Waals surface area contributed by atoms with Gasteiger partial charge in [0.25, 0.3) is 0 Å². The molecule has 0 amide bonds. The van der Waals surface area contributed by atoms with E-state index >= 15 is 0 Å². The number of nitrogens with zero attached hydrogens (tertiary/aromatic N) is 1. The first kappa shape index (κ1) is 11.6. The van der Waals surface area contributed by atoms with Gasteiger partial charge in [-0.3, -0.25) is 4.79 Å². The Morgan fingerprint density at radius 1 is 1.50 bits per heavy atom. The summed E-state index contributed by atoms with van der Waals surface area (Å²) in [6.45, 7) is 1.92. The molecule has 3 nitrogen and oxygen atoms in total. The summed E-state index contributed by atoms with van der Waals surface area (Å²) in [6, 6.07) is 0. The number of carbonyl (C=O) groups is 1. The summed E-state index contributed by atoms with van der Waals surface area (Å²) in [5, 5.41) is 5.77. The van der Waals surface area contributed by atoms with Gasteiger partial charge in [-0.15, -0.1) is 23.7 Å². The molecule has 14 heavy (non-hydrogen) atoms. The number of carbonyl (C=O) groups excluding carboxylic acids is 1. The van der Waals surface area contributed by atoms with Gasteiger partial charge in [0.15, 0.2) is 10.8 Å². The second kappa shape index (κ2) is 5.44. The Balaban J connectivity index is 0.000000980. The fourth-order valence-corrected chi connectivity index (χ4v) is 2.26. The van der Waals surface area contributed by atoms with Crippen molar-refractivity contribution in [2.75, 3.05) is 13.1 Å². The highest BCUT2D eigenvalue weighted by atomic mass is 35.5. The fraction of sp³-hybridized carbons (Fsp3) is 0.556. The second-order valence-corrected chi connectivity index (χ2v) is 4.12. The predicted molar refractivity (Wildman–Crippen MR) is 59.3 cm³/mol. The maximum absolute atomic E-state index is 11.8. The van der Waals surface area contributed by atoms with Crippen LogP contribution in [0.15, 0.2) is 11.6 Å². The van der Waals surface area contributed by atoms with E-state index in [1.165, 1.54) is 11.3 Å². The number of rotatable bonds is 2. The molecule has 1 aliphatic heterocycles. The number of Topliss-reactive ketones (excluding diaryl/α,β-unsaturated/α-hetero) is 1. The van der Waals surface area contributed by atoms with Crippen LogP contribution in [0.3, 0.4) is 0 Å². The lowest BCUT2D eigenvalue weighted by Gasteiger charge is -2.20.